The van der Waals surface area contributed by atoms with E-state index in [0.29, 0.717) is 18.6 Å². The molecule has 33 heavy (non-hydrogen) atoms. The fraction of sp³-hybridized carbons (Fsp3) is 0.423. The van der Waals surface area contributed by atoms with Crippen molar-refractivity contribution in [2.45, 2.75) is 39.0 Å². The summed E-state index contributed by atoms with van der Waals surface area (Å²) in [6, 6.07) is 18.4. The summed E-state index contributed by atoms with van der Waals surface area (Å²) in [5, 5.41) is 14.8. The van der Waals surface area contributed by atoms with Crippen molar-refractivity contribution >= 4 is 17.7 Å². The molecule has 0 aromatic heterocycles. The molecule has 1 saturated heterocycles. The van der Waals surface area contributed by atoms with Gasteiger partial charge in [-0.1, -0.05) is 49.4 Å². The Balaban J connectivity index is 0.000000569. The molecule has 0 atom stereocenters. The van der Waals surface area contributed by atoms with Crippen LogP contribution in [0.1, 0.15) is 48.5 Å². The van der Waals surface area contributed by atoms with Gasteiger partial charge in [0.2, 0.25) is 0 Å². The highest BCUT2D eigenvalue weighted by atomic mass is 16.5. The van der Waals surface area contributed by atoms with Gasteiger partial charge >= 0.3 is 11.9 Å². The Morgan fingerprint density at radius 2 is 1.55 bits per heavy atom. The quantitative estimate of drug-likeness (QED) is 0.332. The van der Waals surface area contributed by atoms with Gasteiger partial charge in [-0.15, -0.1) is 0 Å². The van der Waals surface area contributed by atoms with Crippen molar-refractivity contribution < 1.29 is 29.3 Å². The SMILES string of the molecule is CCC(=O)c1ccccc1OCCCN1CCC(Cc2ccccc2)CC1.O=C(O)C(=O)O. The number of benzene rings is 2. The normalized spacial score (nSPS) is 14.1. The second-order valence-electron chi connectivity index (χ2n) is 8.06. The Labute approximate surface area is 195 Å². The second-order valence-corrected chi connectivity index (χ2v) is 8.06. The van der Waals surface area contributed by atoms with Crippen molar-refractivity contribution in [1.82, 2.24) is 4.90 Å². The maximum Gasteiger partial charge on any atom is 0.414 e. The highest BCUT2D eigenvalue weighted by molar-refractivity contribution is 6.27. The maximum atomic E-state index is 12.0. The van der Waals surface area contributed by atoms with E-state index >= 15 is 0 Å². The van der Waals surface area contributed by atoms with Gasteiger partial charge in [-0.25, -0.2) is 9.59 Å². The number of likely N-dealkylation sites (tertiary alicyclic amines) is 1. The number of carbonyl (C=O) groups excluding carboxylic acids is 1. The molecule has 178 valence electrons. The lowest BCUT2D eigenvalue weighted by Crippen LogP contribution is -2.35. The predicted molar refractivity (Wildman–Crippen MR) is 126 cm³/mol. The van der Waals surface area contributed by atoms with Crippen molar-refractivity contribution in [1.29, 1.82) is 0 Å². The lowest BCUT2D eigenvalue weighted by Gasteiger charge is -2.32. The van der Waals surface area contributed by atoms with Crippen LogP contribution < -0.4 is 4.74 Å². The number of nitrogens with zero attached hydrogens (tertiary/aromatic N) is 1. The van der Waals surface area contributed by atoms with Crippen molar-refractivity contribution in [2.75, 3.05) is 26.2 Å². The summed E-state index contributed by atoms with van der Waals surface area (Å²) in [4.78, 5) is 32.7. The second kappa shape index (κ2) is 14.1. The molecule has 1 fully saturated rings. The molecular formula is C26H33NO6. The Bertz CT molecular complexity index is 879. The molecule has 1 aliphatic heterocycles. The highest BCUT2D eigenvalue weighted by Crippen LogP contribution is 2.22. The number of para-hydroxylation sites is 1. The maximum absolute atomic E-state index is 12.0. The van der Waals surface area contributed by atoms with Crippen LogP contribution in [-0.2, 0) is 16.0 Å². The summed E-state index contributed by atoms with van der Waals surface area (Å²) in [5.41, 5.74) is 2.17. The van der Waals surface area contributed by atoms with Crippen LogP contribution in [0.3, 0.4) is 0 Å². The van der Waals surface area contributed by atoms with Crippen LogP contribution in [0.2, 0.25) is 0 Å². The van der Waals surface area contributed by atoms with Gasteiger partial charge in [0.1, 0.15) is 5.75 Å². The number of aliphatic carboxylic acids is 2. The number of ether oxygens (including phenoxy) is 1. The van der Waals surface area contributed by atoms with Gasteiger partial charge in [-0.3, -0.25) is 4.79 Å². The number of carbonyl (C=O) groups is 3. The average molecular weight is 456 g/mol. The number of ketones is 1. The number of hydrogen-bond donors (Lipinski definition) is 2. The number of piperidine rings is 1. The largest absolute Gasteiger partial charge is 0.493 e. The first-order valence-electron chi connectivity index (χ1n) is 11.4. The molecule has 0 unspecified atom stereocenters. The monoisotopic (exact) mass is 455 g/mol. The summed E-state index contributed by atoms with van der Waals surface area (Å²) in [5.74, 6) is -1.96. The minimum Gasteiger partial charge on any atom is -0.493 e. The fourth-order valence-electron chi connectivity index (χ4n) is 3.85. The molecule has 0 aliphatic carbocycles. The third-order valence-corrected chi connectivity index (χ3v) is 5.64. The number of Topliss-reactive ketones (excluding diaryl/α,β-unsaturated/α-hetero) is 1. The zero-order valence-electron chi connectivity index (χ0n) is 19.1. The van der Waals surface area contributed by atoms with Gasteiger partial charge in [0.05, 0.1) is 12.2 Å². The molecule has 2 aromatic carbocycles. The van der Waals surface area contributed by atoms with Crippen molar-refractivity contribution in [3.05, 3.63) is 65.7 Å². The summed E-state index contributed by atoms with van der Waals surface area (Å²) >= 11 is 0. The van der Waals surface area contributed by atoms with E-state index in [9.17, 15) is 4.79 Å². The van der Waals surface area contributed by atoms with Crippen molar-refractivity contribution in [3.8, 4) is 5.75 Å². The van der Waals surface area contributed by atoms with Crippen LogP contribution in [0.25, 0.3) is 0 Å². The molecule has 1 heterocycles. The van der Waals surface area contributed by atoms with Gasteiger partial charge in [-0.05, 0) is 62.4 Å². The first-order chi connectivity index (χ1) is 15.9. The van der Waals surface area contributed by atoms with E-state index < -0.39 is 11.9 Å². The first kappa shape index (κ1) is 26.1. The Morgan fingerprint density at radius 3 is 2.15 bits per heavy atom. The molecule has 0 spiro atoms. The van der Waals surface area contributed by atoms with Crippen LogP contribution in [0.15, 0.2) is 54.6 Å². The molecule has 7 heteroatoms. The van der Waals surface area contributed by atoms with Crippen LogP contribution in [0.4, 0.5) is 0 Å². The van der Waals surface area contributed by atoms with E-state index in [2.05, 4.69) is 35.2 Å². The van der Waals surface area contributed by atoms with Gasteiger partial charge < -0.3 is 19.8 Å². The highest BCUT2D eigenvalue weighted by Gasteiger charge is 2.19. The Kier molecular flexibility index (Phi) is 11.1. The zero-order chi connectivity index (χ0) is 24.1. The number of carboxylic acids is 2. The lowest BCUT2D eigenvalue weighted by atomic mass is 9.90. The number of carboxylic acid groups (broad SMARTS) is 2. The Morgan fingerprint density at radius 1 is 0.939 bits per heavy atom. The van der Waals surface area contributed by atoms with Crippen LogP contribution >= 0.6 is 0 Å². The van der Waals surface area contributed by atoms with E-state index in [-0.39, 0.29) is 5.78 Å². The topological polar surface area (TPSA) is 104 Å². The molecule has 0 bridgehead atoms. The standard InChI is InChI=1S/C24H31NO2.C2H2O4/c1-2-23(26)22-11-6-7-12-24(22)27-18-8-15-25-16-13-21(14-17-25)19-20-9-4-3-5-10-20;3-1(4)2(5)6/h3-7,9-12,21H,2,8,13-19H2,1H3;(H,3,4)(H,5,6). The van der Waals surface area contributed by atoms with Crippen LogP contribution in [-0.4, -0.2) is 59.1 Å². The molecular weight excluding hydrogens is 422 g/mol. The predicted octanol–water partition coefficient (Wildman–Crippen LogP) is 4.16. The van der Waals surface area contributed by atoms with Gasteiger partial charge in [0.25, 0.3) is 0 Å². The van der Waals surface area contributed by atoms with E-state index in [4.69, 9.17) is 24.5 Å². The van der Waals surface area contributed by atoms with E-state index in [1.165, 1.54) is 37.9 Å². The smallest absolute Gasteiger partial charge is 0.414 e. The van der Waals surface area contributed by atoms with Crippen molar-refractivity contribution in [2.24, 2.45) is 5.92 Å². The minimum atomic E-state index is -1.82. The third kappa shape index (κ3) is 9.45. The zero-order valence-corrected chi connectivity index (χ0v) is 19.1. The average Bonchev–Trinajstić information content (AvgIpc) is 2.83. The number of rotatable bonds is 9. The first-order valence-corrected chi connectivity index (χ1v) is 11.4. The lowest BCUT2D eigenvalue weighted by molar-refractivity contribution is -0.159. The minimum absolute atomic E-state index is 0.145. The summed E-state index contributed by atoms with van der Waals surface area (Å²) in [6.45, 7) is 5.99. The van der Waals surface area contributed by atoms with Gasteiger partial charge in [0.15, 0.2) is 5.78 Å². The molecule has 2 N–H and O–H groups in total. The molecule has 0 amide bonds. The third-order valence-electron chi connectivity index (χ3n) is 5.64. The summed E-state index contributed by atoms with van der Waals surface area (Å²) in [7, 11) is 0. The number of hydrogen-bond acceptors (Lipinski definition) is 5. The van der Waals surface area contributed by atoms with Gasteiger partial charge in [-0.2, -0.15) is 0 Å². The van der Waals surface area contributed by atoms with Gasteiger partial charge in [0, 0.05) is 13.0 Å². The Hall–Kier alpha value is -3.19. The van der Waals surface area contributed by atoms with E-state index in [1.54, 1.807) is 0 Å². The molecule has 0 radical (unpaired) electrons. The summed E-state index contributed by atoms with van der Waals surface area (Å²) < 4.78 is 5.90. The molecule has 7 nitrogen and oxygen atoms in total. The van der Waals surface area contributed by atoms with E-state index in [1.807, 2.05) is 31.2 Å². The molecule has 1 aliphatic rings. The molecule has 3 rings (SSSR count). The van der Waals surface area contributed by atoms with Crippen molar-refractivity contribution in [3.63, 3.8) is 0 Å². The molecule has 0 saturated carbocycles. The van der Waals surface area contributed by atoms with Crippen LogP contribution in [0, 0.1) is 5.92 Å². The van der Waals surface area contributed by atoms with Crippen LogP contribution in [0.5, 0.6) is 5.75 Å². The molecule has 2 aromatic rings. The van der Waals surface area contributed by atoms with E-state index in [0.717, 1.165) is 24.6 Å². The summed E-state index contributed by atoms with van der Waals surface area (Å²) in [6.07, 6.45) is 5.28. The fourth-order valence-corrected chi connectivity index (χ4v) is 3.85.